The van der Waals surface area contributed by atoms with Crippen molar-refractivity contribution in [1.29, 1.82) is 0 Å². The molecule has 0 aliphatic carbocycles. The largest absolute Gasteiger partial charge is 0.497 e. The Balaban J connectivity index is 1.52. The highest BCUT2D eigenvalue weighted by Crippen LogP contribution is 2.18. The van der Waals surface area contributed by atoms with Crippen LogP contribution in [0.5, 0.6) is 11.5 Å². The molecule has 8 heteroatoms. The Bertz CT molecular complexity index is 1040. The van der Waals surface area contributed by atoms with Crippen LogP contribution in [0.1, 0.15) is 10.4 Å². The van der Waals surface area contributed by atoms with Gasteiger partial charge in [-0.05, 0) is 60.7 Å². The average molecular weight is 412 g/mol. The van der Waals surface area contributed by atoms with Crippen molar-refractivity contribution in [3.63, 3.8) is 0 Å². The Labute approximate surface area is 171 Å². The summed E-state index contributed by atoms with van der Waals surface area (Å²) in [6, 6.07) is 15.9. The summed E-state index contributed by atoms with van der Waals surface area (Å²) in [6.07, 6.45) is 0. The molecule has 30 heavy (non-hydrogen) atoms. The van der Waals surface area contributed by atoms with E-state index in [2.05, 4.69) is 10.6 Å². The summed E-state index contributed by atoms with van der Waals surface area (Å²) < 4.78 is 36.5. The van der Waals surface area contributed by atoms with Crippen LogP contribution in [0.15, 0.2) is 66.7 Å². The van der Waals surface area contributed by atoms with Crippen molar-refractivity contribution in [3.8, 4) is 11.5 Å². The van der Waals surface area contributed by atoms with Gasteiger partial charge in [0.1, 0.15) is 11.6 Å². The van der Waals surface area contributed by atoms with Crippen LogP contribution in [0.2, 0.25) is 0 Å². The summed E-state index contributed by atoms with van der Waals surface area (Å²) in [6.45, 7) is -0.456. The minimum atomic E-state index is -0.893. The number of rotatable bonds is 7. The first-order valence-corrected chi connectivity index (χ1v) is 8.88. The van der Waals surface area contributed by atoms with Gasteiger partial charge in [0.25, 0.3) is 11.8 Å². The molecule has 0 saturated heterocycles. The molecule has 0 spiro atoms. The van der Waals surface area contributed by atoms with E-state index in [-0.39, 0.29) is 11.7 Å². The van der Waals surface area contributed by atoms with Crippen LogP contribution in [0.25, 0.3) is 0 Å². The van der Waals surface area contributed by atoms with Crippen LogP contribution in [-0.2, 0) is 4.79 Å². The number of carbonyl (C=O) groups is 2. The molecule has 2 amide bonds. The lowest BCUT2D eigenvalue weighted by Crippen LogP contribution is -2.20. The van der Waals surface area contributed by atoms with Gasteiger partial charge in [0.05, 0.1) is 7.11 Å². The average Bonchev–Trinajstić information content (AvgIpc) is 2.74. The molecule has 154 valence electrons. The molecule has 3 aromatic rings. The quantitative estimate of drug-likeness (QED) is 0.609. The second-order valence-electron chi connectivity index (χ2n) is 6.17. The number of hydrogen-bond donors (Lipinski definition) is 2. The first kappa shape index (κ1) is 20.8. The second kappa shape index (κ2) is 9.51. The number of hydrogen-bond acceptors (Lipinski definition) is 4. The van der Waals surface area contributed by atoms with Crippen molar-refractivity contribution in [2.45, 2.75) is 0 Å². The van der Waals surface area contributed by atoms with Crippen LogP contribution in [-0.4, -0.2) is 25.5 Å². The van der Waals surface area contributed by atoms with Crippen LogP contribution in [0.4, 0.5) is 20.2 Å². The molecule has 0 atom stereocenters. The fourth-order valence-electron chi connectivity index (χ4n) is 2.52. The van der Waals surface area contributed by atoms with Crippen molar-refractivity contribution < 1.29 is 27.8 Å². The highest BCUT2D eigenvalue weighted by Gasteiger charge is 2.10. The fraction of sp³-hybridized carbons (Fsp3) is 0.0909. The third-order valence-electron chi connectivity index (χ3n) is 4.03. The lowest BCUT2D eigenvalue weighted by atomic mass is 10.2. The maximum Gasteiger partial charge on any atom is 0.262 e. The Morgan fingerprint density at radius 1 is 0.867 bits per heavy atom. The molecule has 0 fully saturated rings. The Morgan fingerprint density at radius 3 is 2.13 bits per heavy atom. The van der Waals surface area contributed by atoms with Gasteiger partial charge in [0.2, 0.25) is 0 Å². The zero-order valence-corrected chi connectivity index (χ0v) is 15.9. The number of anilines is 2. The topological polar surface area (TPSA) is 76.7 Å². The van der Waals surface area contributed by atoms with E-state index in [1.54, 1.807) is 55.6 Å². The molecule has 6 nitrogen and oxygen atoms in total. The Kier molecular flexibility index (Phi) is 6.59. The van der Waals surface area contributed by atoms with Crippen LogP contribution in [0.3, 0.4) is 0 Å². The van der Waals surface area contributed by atoms with Crippen molar-refractivity contribution in [2.75, 3.05) is 24.4 Å². The molecule has 3 rings (SSSR count). The number of benzene rings is 3. The van der Waals surface area contributed by atoms with Gasteiger partial charge in [0, 0.05) is 23.0 Å². The molecule has 0 radical (unpaired) electrons. The van der Waals surface area contributed by atoms with Crippen LogP contribution < -0.4 is 20.1 Å². The first-order chi connectivity index (χ1) is 14.4. The Hall–Kier alpha value is -3.94. The molecule has 0 saturated carbocycles. The normalized spacial score (nSPS) is 10.2. The summed E-state index contributed by atoms with van der Waals surface area (Å²) in [5.74, 6) is -2.02. The standard InChI is InChI=1S/C22H18F2N2O4/c1-29-18-9-7-17(8-10-18)26-22(28)14-2-5-16(6-3-14)25-21(27)13-30-20-11-4-15(23)12-19(20)24/h2-12H,13H2,1H3,(H,25,27)(H,26,28). The second-order valence-corrected chi connectivity index (χ2v) is 6.17. The third-order valence-corrected chi connectivity index (χ3v) is 4.03. The smallest absolute Gasteiger partial charge is 0.262 e. The van der Waals surface area contributed by atoms with Gasteiger partial charge in [-0.3, -0.25) is 9.59 Å². The van der Waals surface area contributed by atoms with E-state index in [9.17, 15) is 18.4 Å². The molecule has 2 N–H and O–H groups in total. The van der Waals surface area contributed by atoms with E-state index < -0.39 is 24.1 Å². The SMILES string of the molecule is COc1ccc(NC(=O)c2ccc(NC(=O)COc3ccc(F)cc3F)cc2)cc1. The number of halogens is 2. The van der Waals surface area contributed by atoms with Crippen molar-refractivity contribution in [1.82, 2.24) is 0 Å². The van der Waals surface area contributed by atoms with E-state index in [1.165, 1.54) is 0 Å². The maximum absolute atomic E-state index is 13.5. The minimum absolute atomic E-state index is 0.225. The van der Waals surface area contributed by atoms with E-state index in [1.807, 2.05) is 0 Å². The number of amides is 2. The lowest BCUT2D eigenvalue weighted by Gasteiger charge is -2.09. The maximum atomic E-state index is 13.5. The summed E-state index contributed by atoms with van der Waals surface area (Å²) >= 11 is 0. The molecule has 3 aromatic carbocycles. The fourth-order valence-corrected chi connectivity index (χ4v) is 2.52. The molecule has 0 heterocycles. The van der Waals surface area contributed by atoms with Crippen LogP contribution >= 0.6 is 0 Å². The first-order valence-electron chi connectivity index (χ1n) is 8.88. The lowest BCUT2D eigenvalue weighted by molar-refractivity contribution is -0.118. The Morgan fingerprint density at radius 2 is 1.50 bits per heavy atom. The third kappa shape index (κ3) is 5.54. The highest BCUT2D eigenvalue weighted by molar-refractivity contribution is 6.04. The molecular formula is C22H18F2N2O4. The number of nitrogens with one attached hydrogen (secondary N) is 2. The van der Waals surface area contributed by atoms with E-state index in [0.717, 1.165) is 12.1 Å². The van der Waals surface area contributed by atoms with Crippen molar-refractivity contribution in [3.05, 3.63) is 83.9 Å². The predicted octanol–water partition coefficient (Wildman–Crippen LogP) is 4.24. The van der Waals surface area contributed by atoms with Crippen molar-refractivity contribution in [2.24, 2.45) is 0 Å². The number of carbonyl (C=O) groups excluding carboxylic acids is 2. The van der Waals surface area contributed by atoms with E-state index in [4.69, 9.17) is 9.47 Å². The zero-order valence-electron chi connectivity index (χ0n) is 15.9. The molecule has 0 aromatic heterocycles. The van der Waals surface area contributed by atoms with Gasteiger partial charge in [-0.25, -0.2) is 8.78 Å². The van der Waals surface area contributed by atoms with E-state index >= 15 is 0 Å². The van der Waals surface area contributed by atoms with Crippen molar-refractivity contribution >= 4 is 23.2 Å². The minimum Gasteiger partial charge on any atom is -0.497 e. The monoisotopic (exact) mass is 412 g/mol. The number of ether oxygens (including phenoxy) is 2. The van der Waals surface area contributed by atoms with E-state index in [0.29, 0.717) is 28.8 Å². The summed E-state index contributed by atoms with van der Waals surface area (Å²) in [5, 5.41) is 5.32. The molecule has 0 aliphatic rings. The van der Waals surface area contributed by atoms with Gasteiger partial charge < -0.3 is 20.1 Å². The molecule has 0 unspecified atom stereocenters. The summed E-state index contributed by atoms with van der Waals surface area (Å²) in [5.41, 5.74) is 1.45. The predicted molar refractivity (Wildman–Crippen MR) is 108 cm³/mol. The molecule has 0 bridgehead atoms. The van der Waals surface area contributed by atoms with Gasteiger partial charge in [0.15, 0.2) is 18.2 Å². The van der Waals surface area contributed by atoms with Crippen LogP contribution in [0, 0.1) is 11.6 Å². The van der Waals surface area contributed by atoms with Gasteiger partial charge in [-0.1, -0.05) is 0 Å². The highest BCUT2D eigenvalue weighted by atomic mass is 19.1. The number of methoxy groups -OCH3 is 1. The molecule has 0 aliphatic heterocycles. The van der Waals surface area contributed by atoms with Gasteiger partial charge in [-0.15, -0.1) is 0 Å². The molecular weight excluding hydrogens is 394 g/mol. The summed E-state index contributed by atoms with van der Waals surface area (Å²) in [7, 11) is 1.56. The van der Waals surface area contributed by atoms with Gasteiger partial charge in [-0.2, -0.15) is 0 Å². The summed E-state index contributed by atoms with van der Waals surface area (Å²) in [4.78, 5) is 24.3. The van der Waals surface area contributed by atoms with Gasteiger partial charge >= 0.3 is 0 Å². The zero-order chi connectivity index (χ0) is 21.5.